The number of guanidine groups is 1. The van der Waals surface area contributed by atoms with Crippen molar-refractivity contribution < 1.29 is 0 Å². The second-order valence-electron chi connectivity index (χ2n) is 3.47. The standard InChI is InChI=1S/C9H15N3.C2H6/c1-8-4-2-7-12(8)9-10-5-3-6-11-9;1-2/h5,8H,2-4,6-7H2,1H3;1-2H3. The minimum atomic E-state index is 0.638. The maximum absolute atomic E-state index is 4.41. The van der Waals surface area contributed by atoms with Crippen molar-refractivity contribution in [3.63, 3.8) is 0 Å². The van der Waals surface area contributed by atoms with Crippen LogP contribution in [0.2, 0.25) is 0 Å². The van der Waals surface area contributed by atoms with Crippen molar-refractivity contribution >= 4 is 12.2 Å². The van der Waals surface area contributed by atoms with Gasteiger partial charge in [0.1, 0.15) is 0 Å². The average Bonchev–Trinajstić information content (AvgIpc) is 2.69. The number of nitrogens with zero attached hydrogens (tertiary/aromatic N) is 3. The minimum Gasteiger partial charge on any atom is -0.338 e. The van der Waals surface area contributed by atoms with Gasteiger partial charge in [0, 0.05) is 31.8 Å². The van der Waals surface area contributed by atoms with Gasteiger partial charge in [0.25, 0.3) is 0 Å². The van der Waals surface area contributed by atoms with E-state index in [2.05, 4.69) is 21.8 Å². The highest BCUT2D eigenvalue weighted by molar-refractivity contribution is 5.89. The Bertz CT molecular complexity index is 221. The fourth-order valence-corrected chi connectivity index (χ4v) is 1.80. The quantitative estimate of drug-likeness (QED) is 0.583. The van der Waals surface area contributed by atoms with E-state index in [-0.39, 0.29) is 0 Å². The lowest BCUT2D eigenvalue weighted by Crippen LogP contribution is -2.33. The van der Waals surface area contributed by atoms with Gasteiger partial charge in [-0.25, -0.2) is 4.99 Å². The normalized spacial score (nSPS) is 25.5. The smallest absolute Gasteiger partial charge is 0.220 e. The Morgan fingerprint density at radius 2 is 2.21 bits per heavy atom. The molecule has 2 aliphatic rings. The first-order valence-electron chi connectivity index (χ1n) is 5.71. The first-order chi connectivity index (χ1) is 6.88. The van der Waals surface area contributed by atoms with Crippen LogP contribution < -0.4 is 0 Å². The first kappa shape index (κ1) is 11.2. The molecule has 1 unspecified atom stereocenters. The van der Waals surface area contributed by atoms with Crippen molar-refractivity contribution in [2.24, 2.45) is 9.98 Å². The molecule has 0 bridgehead atoms. The fraction of sp³-hybridized carbons (Fsp3) is 0.818. The molecule has 0 saturated carbocycles. The van der Waals surface area contributed by atoms with Crippen molar-refractivity contribution in [1.29, 1.82) is 0 Å². The Balaban J connectivity index is 0.000000461. The molecule has 0 spiro atoms. The van der Waals surface area contributed by atoms with Gasteiger partial charge in [-0.05, 0) is 19.8 Å². The van der Waals surface area contributed by atoms with Crippen molar-refractivity contribution in [2.45, 2.75) is 46.1 Å². The SMILES string of the molecule is CC.CC1CCCN1C1=NCCC=N1. The molecule has 0 N–H and O–H groups in total. The van der Waals surface area contributed by atoms with E-state index >= 15 is 0 Å². The molecule has 1 atom stereocenters. The summed E-state index contributed by atoms with van der Waals surface area (Å²) in [5.41, 5.74) is 0. The van der Waals surface area contributed by atoms with Crippen molar-refractivity contribution in [1.82, 2.24) is 4.90 Å². The van der Waals surface area contributed by atoms with Crippen molar-refractivity contribution in [3.8, 4) is 0 Å². The minimum absolute atomic E-state index is 0.638. The lowest BCUT2D eigenvalue weighted by molar-refractivity contribution is 0.408. The van der Waals surface area contributed by atoms with E-state index in [1.165, 1.54) is 12.8 Å². The molecule has 2 aliphatic heterocycles. The van der Waals surface area contributed by atoms with E-state index in [9.17, 15) is 0 Å². The Morgan fingerprint density at radius 3 is 2.71 bits per heavy atom. The number of hydrogen-bond acceptors (Lipinski definition) is 3. The van der Waals surface area contributed by atoms with E-state index < -0.39 is 0 Å². The van der Waals surface area contributed by atoms with E-state index in [0.29, 0.717) is 6.04 Å². The van der Waals surface area contributed by atoms with Gasteiger partial charge < -0.3 is 4.90 Å². The number of likely N-dealkylation sites (tertiary alicyclic amines) is 1. The molecular formula is C11H21N3. The first-order valence-corrected chi connectivity index (χ1v) is 5.71. The largest absolute Gasteiger partial charge is 0.338 e. The molecule has 0 amide bonds. The third kappa shape index (κ3) is 2.56. The van der Waals surface area contributed by atoms with Crippen LogP contribution in [0.1, 0.15) is 40.0 Å². The van der Waals surface area contributed by atoms with Crippen LogP contribution in [0.5, 0.6) is 0 Å². The highest BCUT2D eigenvalue weighted by atomic mass is 15.3. The Hall–Kier alpha value is -0.860. The summed E-state index contributed by atoms with van der Waals surface area (Å²) in [5.74, 6) is 0.964. The molecule has 1 saturated heterocycles. The van der Waals surface area contributed by atoms with Gasteiger partial charge in [-0.3, -0.25) is 4.99 Å². The zero-order valence-electron chi connectivity index (χ0n) is 9.53. The molecule has 0 aliphatic carbocycles. The van der Waals surface area contributed by atoms with Crippen LogP contribution in [-0.2, 0) is 0 Å². The van der Waals surface area contributed by atoms with Crippen LogP contribution in [0.25, 0.3) is 0 Å². The molecule has 3 nitrogen and oxygen atoms in total. The molecule has 2 rings (SSSR count). The third-order valence-corrected chi connectivity index (χ3v) is 2.53. The lowest BCUT2D eigenvalue weighted by Gasteiger charge is -2.23. The number of rotatable bonds is 0. The summed E-state index contributed by atoms with van der Waals surface area (Å²) in [7, 11) is 0. The molecule has 0 aromatic carbocycles. The second-order valence-corrected chi connectivity index (χ2v) is 3.47. The number of hydrogen-bond donors (Lipinski definition) is 0. The Labute approximate surface area is 86.9 Å². The van der Waals surface area contributed by atoms with Crippen LogP contribution >= 0.6 is 0 Å². The molecular weight excluding hydrogens is 174 g/mol. The molecule has 80 valence electrons. The van der Waals surface area contributed by atoms with E-state index in [1.54, 1.807) is 0 Å². The Kier molecular flexibility index (Phi) is 4.63. The molecule has 0 radical (unpaired) electrons. The van der Waals surface area contributed by atoms with Gasteiger partial charge in [0.05, 0.1) is 0 Å². The molecule has 0 aromatic heterocycles. The van der Waals surface area contributed by atoms with Crippen LogP contribution in [0, 0.1) is 0 Å². The summed E-state index contributed by atoms with van der Waals surface area (Å²) < 4.78 is 0. The summed E-state index contributed by atoms with van der Waals surface area (Å²) in [6.45, 7) is 8.30. The molecule has 3 heteroatoms. The molecule has 14 heavy (non-hydrogen) atoms. The monoisotopic (exact) mass is 195 g/mol. The summed E-state index contributed by atoms with van der Waals surface area (Å²) in [4.78, 5) is 11.0. The fourth-order valence-electron chi connectivity index (χ4n) is 1.80. The lowest BCUT2D eigenvalue weighted by atomic mass is 10.2. The van der Waals surface area contributed by atoms with Gasteiger partial charge in [-0.1, -0.05) is 13.8 Å². The summed E-state index contributed by atoms with van der Waals surface area (Å²) in [5, 5.41) is 0. The van der Waals surface area contributed by atoms with Crippen molar-refractivity contribution in [3.05, 3.63) is 0 Å². The van der Waals surface area contributed by atoms with Gasteiger partial charge in [0.15, 0.2) is 0 Å². The summed E-state index contributed by atoms with van der Waals surface area (Å²) in [6, 6.07) is 0.638. The highest BCUT2D eigenvalue weighted by Crippen LogP contribution is 2.17. The predicted molar refractivity (Wildman–Crippen MR) is 62.2 cm³/mol. The van der Waals surface area contributed by atoms with Crippen LogP contribution in [0.3, 0.4) is 0 Å². The maximum Gasteiger partial charge on any atom is 0.220 e. The van der Waals surface area contributed by atoms with Gasteiger partial charge in [-0.2, -0.15) is 0 Å². The van der Waals surface area contributed by atoms with Crippen molar-refractivity contribution in [2.75, 3.05) is 13.1 Å². The zero-order valence-corrected chi connectivity index (χ0v) is 9.53. The predicted octanol–water partition coefficient (Wildman–Crippen LogP) is 2.33. The maximum atomic E-state index is 4.41. The summed E-state index contributed by atoms with van der Waals surface area (Å²) in [6.07, 6.45) is 5.56. The Morgan fingerprint density at radius 1 is 1.43 bits per heavy atom. The van der Waals surface area contributed by atoms with Gasteiger partial charge >= 0.3 is 0 Å². The van der Waals surface area contributed by atoms with E-state index in [1.807, 2.05) is 20.1 Å². The topological polar surface area (TPSA) is 28.0 Å². The average molecular weight is 195 g/mol. The van der Waals surface area contributed by atoms with Gasteiger partial charge in [0.2, 0.25) is 5.96 Å². The molecule has 1 fully saturated rings. The van der Waals surface area contributed by atoms with E-state index in [4.69, 9.17) is 0 Å². The summed E-state index contributed by atoms with van der Waals surface area (Å²) >= 11 is 0. The zero-order chi connectivity index (χ0) is 10.4. The third-order valence-electron chi connectivity index (χ3n) is 2.53. The van der Waals surface area contributed by atoms with Crippen LogP contribution in [-0.4, -0.2) is 36.2 Å². The number of aliphatic imine (C=N–C) groups is 2. The second kappa shape index (κ2) is 5.78. The van der Waals surface area contributed by atoms with Crippen LogP contribution in [0.4, 0.5) is 0 Å². The molecule has 2 heterocycles. The van der Waals surface area contributed by atoms with Crippen LogP contribution in [0.15, 0.2) is 9.98 Å². The van der Waals surface area contributed by atoms with Gasteiger partial charge in [-0.15, -0.1) is 0 Å². The molecule has 0 aromatic rings. The van der Waals surface area contributed by atoms with E-state index in [0.717, 1.165) is 25.5 Å². The highest BCUT2D eigenvalue weighted by Gasteiger charge is 2.23.